The molecular weight excluding hydrogens is 232 g/mol. The van der Waals surface area contributed by atoms with E-state index < -0.39 is 0 Å². The Balaban J connectivity index is 1.65. The predicted octanol–water partition coefficient (Wildman–Crippen LogP) is 3.74. The minimum atomic E-state index is 0.462. The van der Waals surface area contributed by atoms with Crippen LogP contribution in [0.5, 0.6) is 0 Å². The van der Waals surface area contributed by atoms with Crippen molar-refractivity contribution < 1.29 is 0 Å². The molecule has 3 rings (SSSR count). The number of piperidine rings is 1. The third-order valence-electron chi connectivity index (χ3n) is 4.83. The molecule has 1 aromatic rings. The van der Waals surface area contributed by atoms with Gasteiger partial charge in [-0.3, -0.25) is 0 Å². The van der Waals surface area contributed by atoms with E-state index >= 15 is 0 Å². The van der Waals surface area contributed by atoms with E-state index in [-0.39, 0.29) is 0 Å². The molecular formula is C17H26N2. The molecule has 1 aliphatic carbocycles. The van der Waals surface area contributed by atoms with Gasteiger partial charge in [-0.25, -0.2) is 0 Å². The summed E-state index contributed by atoms with van der Waals surface area (Å²) in [7, 11) is 0. The Morgan fingerprint density at radius 1 is 1.26 bits per heavy atom. The summed E-state index contributed by atoms with van der Waals surface area (Å²) in [6.45, 7) is 6.85. The van der Waals surface area contributed by atoms with Crippen LogP contribution >= 0.6 is 0 Å². The summed E-state index contributed by atoms with van der Waals surface area (Å²) in [4.78, 5) is 2.63. The molecule has 0 spiro atoms. The molecule has 1 aliphatic heterocycles. The molecule has 1 saturated heterocycles. The number of fused-ring (bicyclic) bond motifs is 2. The Morgan fingerprint density at radius 3 is 2.63 bits per heavy atom. The van der Waals surface area contributed by atoms with Crippen molar-refractivity contribution in [2.45, 2.75) is 51.6 Å². The first-order chi connectivity index (χ1) is 9.28. The van der Waals surface area contributed by atoms with Gasteiger partial charge in [0.15, 0.2) is 0 Å². The lowest BCUT2D eigenvalue weighted by molar-refractivity contribution is 0.553. The largest absolute Gasteiger partial charge is 0.368 e. The molecule has 2 aliphatic rings. The molecule has 3 unspecified atom stereocenters. The van der Waals surface area contributed by atoms with E-state index in [1.807, 2.05) is 0 Å². The van der Waals surface area contributed by atoms with Crippen LogP contribution in [0, 0.1) is 5.92 Å². The molecule has 1 heterocycles. The van der Waals surface area contributed by atoms with Crippen molar-refractivity contribution in [3.8, 4) is 0 Å². The van der Waals surface area contributed by atoms with Crippen molar-refractivity contribution in [2.75, 3.05) is 18.0 Å². The van der Waals surface area contributed by atoms with Gasteiger partial charge in [0.25, 0.3) is 0 Å². The predicted molar refractivity (Wildman–Crippen MR) is 81.6 cm³/mol. The van der Waals surface area contributed by atoms with E-state index in [0.717, 1.165) is 18.5 Å². The Labute approximate surface area is 117 Å². The van der Waals surface area contributed by atoms with Gasteiger partial charge >= 0.3 is 0 Å². The summed E-state index contributed by atoms with van der Waals surface area (Å²) in [5.74, 6) is 0.967. The standard InChI is InChI=1S/C17H26N2/c1-3-10-18-13(2)15-5-8-16(9-6-15)19-12-14-4-7-17(19)11-14/h5-6,8-9,13-14,17-18H,3-4,7,10-12H2,1-2H3. The second-order valence-electron chi connectivity index (χ2n) is 6.25. The van der Waals surface area contributed by atoms with Crippen molar-refractivity contribution in [1.29, 1.82) is 0 Å². The third-order valence-corrected chi connectivity index (χ3v) is 4.83. The second kappa shape index (κ2) is 5.54. The van der Waals surface area contributed by atoms with Gasteiger partial charge < -0.3 is 10.2 Å². The van der Waals surface area contributed by atoms with Crippen LogP contribution in [0.3, 0.4) is 0 Å². The fourth-order valence-corrected chi connectivity index (χ4v) is 3.67. The first-order valence-corrected chi connectivity index (χ1v) is 7.88. The quantitative estimate of drug-likeness (QED) is 0.865. The van der Waals surface area contributed by atoms with E-state index in [1.165, 1.54) is 43.5 Å². The van der Waals surface area contributed by atoms with Crippen LogP contribution in [-0.4, -0.2) is 19.1 Å². The van der Waals surface area contributed by atoms with E-state index in [1.54, 1.807) is 0 Å². The van der Waals surface area contributed by atoms with Gasteiger partial charge in [0.05, 0.1) is 0 Å². The topological polar surface area (TPSA) is 15.3 Å². The lowest BCUT2D eigenvalue weighted by Crippen LogP contribution is -2.31. The van der Waals surface area contributed by atoms with Gasteiger partial charge in [0.1, 0.15) is 0 Å². The molecule has 1 N–H and O–H groups in total. The highest BCUT2D eigenvalue weighted by atomic mass is 15.2. The Kier molecular flexibility index (Phi) is 3.79. The average Bonchev–Trinajstić information content (AvgIpc) is 3.07. The van der Waals surface area contributed by atoms with Crippen LogP contribution in [0.1, 0.15) is 51.1 Å². The van der Waals surface area contributed by atoms with Crippen LogP contribution in [-0.2, 0) is 0 Å². The van der Waals surface area contributed by atoms with Crippen LogP contribution in [0.2, 0.25) is 0 Å². The molecule has 1 aromatic carbocycles. The van der Waals surface area contributed by atoms with Crippen molar-refractivity contribution in [1.82, 2.24) is 5.32 Å². The van der Waals surface area contributed by atoms with Crippen LogP contribution < -0.4 is 10.2 Å². The zero-order valence-corrected chi connectivity index (χ0v) is 12.2. The normalized spacial score (nSPS) is 26.9. The monoisotopic (exact) mass is 258 g/mol. The van der Waals surface area contributed by atoms with Crippen molar-refractivity contribution in [3.63, 3.8) is 0 Å². The van der Waals surface area contributed by atoms with Crippen molar-refractivity contribution >= 4 is 5.69 Å². The third kappa shape index (κ3) is 2.64. The maximum atomic E-state index is 3.55. The number of hydrogen-bond acceptors (Lipinski definition) is 2. The van der Waals surface area contributed by atoms with Crippen molar-refractivity contribution in [3.05, 3.63) is 29.8 Å². The first-order valence-electron chi connectivity index (χ1n) is 7.88. The average molecular weight is 258 g/mol. The van der Waals surface area contributed by atoms with Gasteiger partial charge in [-0.15, -0.1) is 0 Å². The van der Waals surface area contributed by atoms with Crippen LogP contribution in [0.25, 0.3) is 0 Å². The lowest BCUT2D eigenvalue weighted by Gasteiger charge is -2.29. The number of anilines is 1. The molecule has 19 heavy (non-hydrogen) atoms. The van der Waals surface area contributed by atoms with E-state index in [9.17, 15) is 0 Å². The Bertz CT molecular complexity index is 412. The first kappa shape index (κ1) is 13.0. The summed E-state index contributed by atoms with van der Waals surface area (Å²) < 4.78 is 0. The number of hydrogen-bond donors (Lipinski definition) is 1. The van der Waals surface area contributed by atoms with Crippen LogP contribution in [0.15, 0.2) is 24.3 Å². The van der Waals surface area contributed by atoms with Crippen LogP contribution in [0.4, 0.5) is 5.69 Å². The summed E-state index contributed by atoms with van der Waals surface area (Å²) in [5.41, 5.74) is 2.83. The zero-order chi connectivity index (χ0) is 13.2. The van der Waals surface area contributed by atoms with E-state index in [0.29, 0.717) is 6.04 Å². The summed E-state index contributed by atoms with van der Waals surface area (Å²) in [5, 5.41) is 3.55. The summed E-state index contributed by atoms with van der Waals surface area (Å²) in [6.07, 6.45) is 5.48. The minimum absolute atomic E-state index is 0.462. The SMILES string of the molecule is CCCNC(C)c1ccc(N2CC3CCC2C3)cc1. The highest BCUT2D eigenvalue weighted by Crippen LogP contribution is 2.40. The van der Waals surface area contributed by atoms with Gasteiger partial charge in [0, 0.05) is 24.3 Å². The van der Waals surface area contributed by atoms with Gasteiger partial charge in [-0.1, -0.05) is 19.1 Å². The molecule has 2 fully saturated rings. The number of nitrogens with one attached hydrogen (secondary N) is 1. The summed E-state index contributed by atoms with van der Waals surface area (Å²) >= 11 is 0. The molecule has 3 atom stereocenters. The van der Waals surface area contributed by atoms with Gasteiger partial charge in [-0.05, 0) is 62.8 Å². The molecule has 0 aromatic heterocycles. The molecule has 0 radical (unpaired) electrons. The number of benzene rings is 1. The molecule has 104 valence electrons. The Morgan fingerprint density at radius 2 is 2.05 bits per heavy atom. The highest BCUT2D eigenvalue weighted by Gasteiger charge is 2.37. The lowest BCUT2D eigenvalue weighted by atomic mass is 10.1. The van der Waals surface area contributed by atoms with E-state index in [4.69, 9.17) is 0 Å². The molecule has 2 heteroatoms. The molecule has 2 nitrogen and oxygen atoms in total. The molecule has 2 bridgehead atoms. The summed E-state index contributed by atoms with van der Waals surface area (Å²) in [6, 6.07) is 10.5. The fraction of sp³-hybridized carbons (Fsp3) is 0.647. The van der Waals surface area contributed by atoms with Crippen molar-refractivity contribution in [2.24, 2.45) is 5.92 Å². The van der Waals surface area contributed by atoms with Gasteiger partial charge in [0.2, 0.25) is 0 Å². The highest BCUT2D eigenvalue weighted by molar-refractivity contribution is 5.50. The smallest absolute Gasteiger partial charge is 0.0369 e. The molecule has 1 saturated carbocycles. The number of rotatable bonds is 5. The Hall–Kier alpha value is -1.02. The molecule has 0 amide bonds. The minimum Gasteiger partial charge on any atom is -0.368 e. The fourth-order valence-electron chi connectivity index (χ4n) is 3.67. The maximum absolute atomic E-state index is 3.55. The van der Waals surface area contributed by atoms with E-state index in [2.05, 4.69) is 48.3 Å². The number of nitrogens with zero attached hydrogens (tertiary/aromatic N) is 1. The zero-order valence-electron chi connectivity index (χ0n) is 12.2. The second-order valence-corrected chi connectivity index (χ2v) is 6.25. The maximum Gasteiger partial charge on any atom is 0.0369 e. The van der Waals surface area contributed by atoms with Gasteiger partial charge in [-0.2, -0.15) is 0 Å².